The van der Waals surface area contributed by atoms with Gasteiger partial charge in [0.25, 0.3) is 5.91 Å². The first kappa shape index (κ1) is 17.4. The number of piperazine rings is 1. The van der Waals surface area contributed by atoms with Gasteiger partial charge in [-0.05, 0) is 18.2 Å². The molecule has 1 aromatic carbocycles. The van der Waals surface area contributed by atoms with E-state index in [0.29, 0.717) is 10.9 Å². The molecule has 1 saturated heterocycles. The predicted molar refractivity (Wildman–Crippen MR) is 95.7 cm³/mol. The molecule has 0 radical (unpaired) electrons. The first-order valence-electron chi connectivity index (χ1n) is 8.07. The van der Waals surface area contributed by atoms with Crippen LogP contribution in [0, 0.1) is 0 Å². The molecule has 1 amide bonds. The van der Waals surface area contributed by atoms with Crippen LogP contribution in [-0.2, 0) is 11.3 Å². The number of nitrogens with two attached hydrogens (primary N) is 1. The van der Waals surface area contributed by atoms with E-state index in [4.69, 9.17) is 22.1 Å². The van der Waals surface area contributed by atoms with E-state index in [9.17, 15) is 4.79 Å². The van der Waals surface area contributed by atoms with Crippen molar-refractivity contribution in [2.24, 2.45) is 5.73 Å². The summed E-state index contributed by atoms with van der Waals surface area (Å²) < 4.78 is 5.50. The molecule has 2 heterocycles. The van der Waals surface area contributed by atoms with Gasteiger partial charge in [0.1, 0.15) is 5.75 Å². The van der Waals surface area contributed by atoms with Crippen molar-refractivity contribution in [1.82, 2.24) is 15.1 Å². The number of ether oxygens (including phenoxy) is 1. The predicted octanol–water partition coefficient (Wildman–Crippen LogP) is 1.32. The first-order valence-corrected chi connectivity index (χ1v) is 8.45. The lowest BCUT2D eigenvalue weighted by molar-refractivity contribution is -0.119. The Morgan fingerprint density at radius 3 is 2.56 bits per heavy atom. The summed E-state index contributed by atoms with van der Waals surface area (Å²) in [7, 11) is 0. The maximum absolute atomic E-state index is 10.9. The van der Waals surface area contributed by atoms with E-state index < -0.39 is 5.91 Å². The summed E-state index contributed by atoms with van der Waals surface area (Å²) in [6.07, 6.45) is 0. The van der Waals surface area contributed by atoms with Crippen molar-refractivity contribution in [3.63, 3.8) is 0 Å². The zero-order valence-corrected chi connectivity index (χ0v) is 14.5. The van der Waals surface area contributed by atoms with Crippen LogP contribution < -0.4 is 15.4 Å². The molecule has 2 N–H and O–H groups in total. The van der Waals surface area contributed by atoms with Crippen molar-refractivity contribution in [3.05, 3.63) is 47.1 Å². The molecule has 0 saturated carbocycles. The van der Waals surface area contributed by atoms with Gasteiger partial charge in [0.15, 0.2) is 17.6 Å². The second kappa shape index (κ2) is 8.13. The molecule has 1 aliphatic heterocycles. The third-order valence-electron chi connectivity index (χ3n) is 4.05. The van der Waals surface area contributed by atoms with E-state index in [2.05, 4.69) is 20.0 Å². The van der Waals surface area contributed by atoms with Gasteiger partial charge >= 0.3 is 0 Å². The van der Waals surface area contributed by atoms with Crippen LogP contribution in [0.4, 0.5) is 5.82 Å². The number of aromatic nitrogens is 2. The largest absolute Gasteiger partial charge is 0.483 e. The van der Waals surface area contributed by atoms with Crippen LogP contribution in [0.25, 0.3) is 0 Å². The van der Waals surface area contributed by atoms with Gasteiger partial charge in [-0.2, -0.15) is 0 Å². The number of halogens is 1. The number of benzene rings is 1. The maximum Gasteiger partial charge on any atom is 0.255 e. The van der Waals surface area contributed by atoms with E-state index in [-0.39, 0.29) is 6.61 Å². The highest BCUT2D eigenvalue weighted by atomic mass is 35.5. The summed E-state index contributed by atoms with van der Waals surface area (Å²) in [6.45, 7) is 4.17. The van der Waals surface area contributed by atoms with Gasteiger partial charge in [-0.15, -0.1) is 10.2 Å². The van der Waals surface area contributed by atoms with Crippen molar-refractivity contribution in [1.29, 1.82) is 0 Å². The fraction of sp³-hybridized carbons (Fsp3) is 0.353. The summed E-state index contributed by atoms with van der Waals surface area (Å²) in [5.41, 5.74) is 6.20. The Balaban J connectivity index is 1.57. The molecular formula is C17H20ClN5O2. The lowest BCUT2D eigenvalue weighted by atomic mass is 10.1. The third-order valence-corrected chi connectivity index (χ3v) is 4.25. The number of carbonyl (C=O) groups is 1. The lowest BCUT2D eigenvalue weighted by Gasteiger charge is -2.35. The molecule has 8 heteroatoms. The van der Waals surface area contributed by atoms with E-state index in [0.717, 1.165) is 44.1 Å². The summed E-state index contributed by atoms with van der Waals surface area (Å²) in [4.78, 5) is 15.5. The van der Waals surface area contributed by atoms with Gasteiger partial charge in [0, 0.05) is 38.3 Å². The number of nitrogens with zero attached hydrogens (tertiary/aromatic N) is 4. The SMILES string of the molecule is NC(=O)COc1ccccc1CN1CCN(c2ccc(Cl)nn2)CC1. The molecule has 1 fully saturated rings. The highest BCUT2D eigenvalue weighted by molar-refractivity contribution is 6.29. The molecule has 132 valence electrons. The van der Waals surface area contributed by atoms with Gasteiger partial charge in [-0.1, -0.05) is 29.8 Å². The van der Waals surface area contributed by atoms with Crippen LogP contribution in [0.15, 0.2) is 36.4 Å². The molecule has 0 aliphatic carbocycles. The smallest absolute Gasteiger partial charge is 0.255 e. The average Bonchev–Trinajstić information content (AvgIpc) is 2.62. The number of carbonyl (C=O) groups excluding carboxylic acids is 1. The van der Waals surface area contributed by atoms with Crippen molar-refractivity contribution >= 4 is 23.3 Å². The summed E-state index contributed by atoms with van der Waals surface area (Å²) in [5.74, 6) is 1.06. The fourth-order valence-electron chi connectivity index (χ4n) is 2.78. The zero-order chi connectivity index (χ0) is 17.6. The van der Waals surface area contributed by atoms with Crippen LogP contribution in [0.2, 0.25) is 5.15 Å². The number of anilines is 1. The van der Waals surface area contributed by atoms with E-state index in [1.165, 1.54) is 0 Å². The molecule has 0 atom stereocenters. The monoisotopic (exact) mass is 361 g/mol. The van der Waals surface area contributed by atoms with Crippen molar-refractivity contribution in [2.45, 2.75) is 6.54 Å². The fourth-order valence-corrected chi connectivity index (χ4v) is 2.88. The van der Waals surface area contributed by atoms with Crippen LogP contribution >= 0.6 is 11.6 Å². The van der Waals surface area contributed by atoms with Crippen LogP contribution in [0.5, 0.6) is 5.75 Å². The van der Waals surface area contributed by atoms with Gasteiger partial charge in [0.2, 0.25) is 0 Å². The molecule has 3 rings (SSSR count). The summed E-state index contributed by atoms with van der Waals surface area (Å²) in [6, 6.07) is 11.4. The Morgan fingerprint density at radius 1 is 1.12 bits per heavy atom. The molecule has 0 spiro atoms. The zero-order valence-electron chi connectivity index (χ0n) is 13.8. The normalized spacial score (nSPS) is 15.2. The van der Waals surface area contributed by atoms with Crippen molar-refractivity contribution in [3.8, 4) is 5.75 Å². The quantitative estimate of drug-likeness (QED) is 0.835. The number of primary amides is 1. The number of hydrogen-bond donors (Lipinski definition) is 1. The Labute approximate surface area is 151 Å². The van der Waals surface area contributed by atoms with Gasteiger partial charge in [-0.25, -0.2) is 0 Å². The average molecular weight is 362 g/mol. The third kappa shape index (κ3) is 4.80. The Hall–Kier alpha value is -2.38. The summed E-state index contributed by atoms with van der Waals surface area (Å²) in [5, 5.41) is 8.42. The summed E-state index contributed by atoms with van der Waals surface area (Å²) >= 11 is 5.78. The molecule has 1 aliphatic rings. The van der Waals surface area contributed by atoms with E-state index >= 15 is 0 Å². The van der Waals surface area contributed by atoms with Crippen LogP contribution in [-0.4, -0.2) is 53.8 Å². The topological polar surface area (TPSA) is 84.6 Å². The standard InChI is InChI=1S/C17H20ClN5O2/c18-15-5-6-17(21-20-15)23-9-7-22(8-10-23)11-13-3-1-2-4-14(13)25-12-16(19)24/h1-6H,7-12H2,(H2,19,24). The maximum atomic E-state index is 10.9. The Morgan fingerprint density at radius 2 is 1.88 bits per heavy atom. The molecule has 0 unspecified atom stereocenters. The van der Waals surface area contributed by atoms with Crippen molar-refractivity contribution in [2.75, 3.05) is 37.7 Å². The highest BCUT2D eigenvalue weighted by Gasteiger charge is 2.19. The minimum absolute atomic E-state index is 0.111. The second-order valence-corrected chi connectivity index (χ2v) is 6.23. The lowest BCUT2D eigenvalue weighted by Crippen LogP contribution is -2.46. The minimum Gasteiger partial charge on any atom is -0.483 e. The number of rotatable bonds is 6. The van der Waals surface area contributed by atoms with E-state index in [1.54, 1.807) is 6.07 Å². The molecule has 7 nitrogen and oxygen atoms in total. The molecular weight excluding hydrogens is 342 g/mol. The number of para-hydroxylation sites is 1. The highest BCUT2D eigenvalue weighted by Crippen LogP contribution is 2.21. The minimum atomic E-state index is -0.479. The molecule has 1 aromatic heterocycles. The second-order valence-electron chi connectivity index (χ2n) is 5.84. The first-order chi connectivity index (χ1) is 12.1. The van der Waals surface area contributed by atoms with Gasteiger partial charge in [0.05, 0.1) is 0 Å². The van der Waals surface area contributed by atoms with Crippen LogP contribution in [0.3, 0.4) is 0 Å². The van der Waals surface area contributed by atoms with Crippen molar-refractivity contribution < 1.29 is 9.53 Å². The van der Waals surface area contributed by atoms with Gasteiger partial charge < -0.3 is 15.4 Å². The number of amides is 1. The molecule has 25 heavy (non-hydrogen) atoms. The Bertz CT molecular complexity index is 717. The number of hydrogen-bond acceptors (Lipinski definition) is 6. The molecule has 2 aromatic rings. The van der Waals surface area contributed by atoms with E-state index in [1.807, 2.05) is 30.3 Å². The Kier molecular flexibility index (Phi) is 5.67. The van der Waals surface area contributed by atoms with Crippen LogP contribution in [0.1, 0.15) is 5.56 Å². The van der Waals surface area contributed by atoms with Gasteiger partial charge in [-0.3, -0.25) is 9.69 Å². The molecule has 0 bridgehead atoms.